The highest BCUT2D eigenvalue weighted by atomic mass is 32.2. The summed E-state index contributed by atoms with van der Waals surface area (Å²) < 4.78 is 25.8. The lowest BCUT2D eigenvalue weighted by molar-refractivity contribution is 0.567. The molecule has 3 N–H and O–H groups in total. The molecule has 16 heavy (non-hydrogen) atoms. The summed E-state index contributed by atoms with van der Waals surface area (Å²) in [6, 6.07) is 3.71. The van der Waals surface area contributed by atoms with Gasteiger partial charge in [-0.2, -0.15) is 0 Å². The van der Waals surface area contributed by atoms with Crippen molar-refractivity contribution in [2.24, 2.45) is 5.73 Å². The first kappa shape index (κ1) is 13.1. The molecule has 0 bridgehead atoms. The average Bonchev–Trinajstić information content (AvgIpc) is 2.27. The molecular formula is C10H17N3O2S. The van der Waals surface area contributed by atoms with Crippen molar-refractivity contribution in [1.29, 1.82) is 0 Å². The molecule has 0 amide bonds. The Morgan fingerprint density at radius 1 is 1.56 bits per heavy atom. The molecule has 0 fully saturated rings. The number of aromatic nitrogens is 1. The van der Waals surface area contributed by atoms with E-state index in [0.717, 1.165) is 11.3 Å². The number of rotatable bonds is 5. The van der Waals surface area contributed by atoms with Crippen LogP contribution in [0.4, 0.5) is 0 Å². The second-order valence-corrected chi connectivity index (χ2v) is 5.86. The van der Waals surface area contributed by atoms with Gasteiger partial charge in [-0.25, -0.2) is 13.1 Å². The predicted octanol–water partition coefficient (Wildman–Crippen LogP) is 0.157. The minimum atomic E-state index is -3.34. The highest BCUT2D eigenvalue weighted by molar-refractivity contribution is 7.90. The Morgan fingerprint density at radius 3 is 2.81 bits per heavy atom. The first-order chi connectivity index (χ1) is 7.47. The molecule has 1 atom stereocenters. The van der Waals surface area contributed by atoms with Crippen molar-refractivity contribution in [2.45, 2.75) is 25.6 Å². The van der Waals surface area contributed by atoms with Crippen LogP contribution in [0, 0.1) is 6.92 Å². The van der Waals surface area contributed by atoms with Crippen LogP contribution in [0.15, 0.2) is 18.3 Å². The predicted molar refractivity (Wildman–Crippen MR) is 63.2 cm³/mol. The van der Waals surface area contributed by atoms with Gasteiger partial charge in [0.15, 0.2) is 0 Å². The van der Waals surface area contributed by atoms with Crippen LogP contribution in [0.2, 0.25) is 0 Å². The van der Waals surface area contributed by atoms with E-state index in [1.54, 1.807) is 13.1 Å². The summed E-state index contributed by atoms with van der Waals surface area (Å²) in [5.41, 5.74) is 7.02. The van der Waals surface area contributed by atoms with Crippen molar-refractivity contribution < 1.29 is 8.42 Å². The summed E-state index contributed by atoms with van der Waals surface area (Å²) >= 11 is 0. The van der Waals surface area contributed by atoms with Gasteiger partial charge in [0.1, 0.15) is 0 Å². The lowest BCUT2D eigenvalue weighted by Crippen LogP contribution is -2.36. The van der Waals surface area contributed by atoms with Crippen LogP contribution < -0.4 is 10.5 Å². The van der Waals surface area contributed by atoms with Gasteiger partial charge in [-0.1, -0.05) is 6.07 Å². The molecule has 6 heteroatoms. The van der Waals surface area contributed by atoms with E-state index >= 15 is 0 Å². The standard InChI is InChI=1S/C10H17N3O2S/c1-8-4-3-5-12-10(8)7-13-16(14,15)9(2)6-11/h3-5,9,13H,6-7,11H2,1-2H3. The molecular weight excluding hydrogens is 226 g/mol. The van der Waals surface area contributed by atoms with Gasteiger partial charge in [0.25, 0.3) is 0 Å². The first-order valence-corrected chi connectivity index (χ1v) is 6.61. The first-order valence-electron chi connectivity index (χ1n) is 5.06. The van der Waals surface area contributed by atoms with Gasteiger partial charge in [-0.3, -0.25) is 4.98 Å². The van der Waals surface area contributed by atoms with E-state index in [4.69, 9.17) is 5.73 Å². The third kappa shape index (κ3) is 3.26. The Morgan fingerprint density at radius 2 is 2.25 bits per heavy atom. The molecule has 90 valence electrons. The van der Waals surface area contributed by atoms with Gasteiger partial charge in [-0.15, -0.1) is 0 Å². The zero-order valence-electron chi connectivity index (χ0n) is 9.47. The van der Waals surface area contributed by atoms with E-state index in [1.807, 2.05) is 19.1 Å². The Hall–Kier alpha value is -0.980. The van der Waals surface area contributed by atoms with Crippen LogP contribution in [0.3, 0.4) is 0 Å². The fourth-order valence-corrected chi connectivity index (χ4v) is 2.02. The highest BCUT2D eigenvalue weighted by Gasteiger charge is 2.18. The number of sulfonamides is 1. The molecule has 0 spiro atoms. The van der Waals surface area contributed by atoms with Gasteiger partial charge >= 0.3 is 0 Å². The lowest BCUT2D eigenvalue weighted by Gasteiger charge is -2.12. The smallest absolute Gasteiger partial charge is 0.215 e. The van der Waals surface area contributed by atoms with E-state index in [0.29, 0.717) is 0 Å². The quantitative estimate of drug-likeness (QED) is 0.771. The number of nitrogens with one attached hydrogen (secondary N) is 1. The number of nitrogens with two attached hydrogens (primary N) is 1. The highest BCUT2D eigenvalue weighted by Crippen LogP contribution is 2.04. The molecule has 0 saturated heterocycles. The average molecular weight is 243 g/mol. The maximum absolute atomic E-state index is 11.6. The lowest BCUT2D eigenvalue weighted by atomic mass is 10.2. The second-order valence-electron chi connectivity index (χ2n) is 3.68. The Labute approximate surface area is 96.1 Å². The summed E-state index contributed by atoms with van der Waals surface area (Å²) in [5.74, 6) is 0. The van der Waals surface area contributed by atoms with Crippen molar-refractivity contribution in [3.63, 3.8) is 0 Å². The van der Waals surface area contributed by atoms with Crippen LogP contribution in [0.1, 0.15) is 18.2 Å². The molecule has 0 aromatic carbocycles. The largest absolute Gasteiger partial charge is 0.329 e. The molecule has 1 heterocycles. The van der Waals surface area contributed by atoms with Gasteiger partial charge < -0.3 is 5.73 Å². The summed E-state index contributed by atoms with van der Waals surface area (Å²) in [6.45, 7) is 3.78. The molecule has 0 aliphatic rings. The number of nitrogens with zero attached hydrogens (tertiary/aromatic N) is 1. The maximum atomic E-state index is 11.6. The molecule has 0 saturated carbocycles. The molecule has 0 aliphatic carbocycles. The third-order valence-corrected chi connectivity index (χ3v) is 4.22. The number of pyridine rings is 1. The van der Waals surface area contributed by atoms with Crippen molar-refractivity contribution in [3.8, 4) is 0 Å². The summed E-state index contributed by atoms with van der Waals surface area (Å²) in [5, 5.41) is -0.587. The normalized spacial score (nSPS) is 13.7. The van der Waals surface area contributed by atoms with E-state index in [9.17, 15) is 8.42 Å². The van der Waals surface area contributed by atoms with E-state index in [1.165, 1.54) is 0 Å². The second kappa shape index (κ2) is 5.38. The molecule has 1 aromatic heterocycles. The Balaban J connectivity index is 2.69. The SMILES string of the molecule is Cc1cccnc1CNS(=O)(=O)C(C)CN. The number of hydrogen-bond acceptors (Lipinski definition) is 4. The van der Waals surface area contributed by atoms with E-state index in [-0.39, 0.29) is 13.1 Å². The minimum absolute atomic E-state index is 0.108. The Bertz CT molecular complexity index is 445. The fourth-order valence-electron chi connectivity index (χ4n) is 1.14. The van der Waals surface area contributed by atoms with E-state index in [2.05, 4.69) is 9.71 Å². The molecule has 0 radical (unpaired) electrons. The summed E-state index contributed by atoms with van der Waals surface area (Å²) in [4.78, 5) is 4.11. The van der Waals surface area contributed by atoms with Gasteiger partial charge in [-0.05, 0) is 25.5 Å². The van der Waals surface area contributed by atoms with Crippen LogP contribution >= 0.6 is 0 Å². The van der Waals surface area contributed by atoms with Gasteiger partial charge in [0.05, 0.1) is 17.5 Å². The third-order valence-electron chi connectivity index (χ3n) is 2.42. The van der Waals surface area contributed by atoms with Crippen LogP contribution in [0.5, 0.6) is 0 Å². The molecule has 1 rings (SSSR count). The van der Waals surface area contributed by atoms with Crippen molar-refractivity contribution >= 4 is 10.0 Å². The molecule has 1 unspecified atom stereocenters. The zero-order chi connectivity index (χ0) is 12.2. The van der Waals surface area contributed by atoms with Crippen LogP contribution in [-0.2, 0) is 16.6 Å². The van der Waals surface area contributed by atoms with Crippen molar-refractivity contribution in [2.75, 3.05) is 6.54 Å². The van der Waals surface area contributed by atoms with Crippen molar-refractivity contribution in [3.05, 3.63) is 29.6 Å². The van der Waals surface area contributed by atoms with Crippen molar-refractivity contribution in [1.82, 2.24) is 9.71 Å². The van der Waals surface area contributed by atoms with Gasteiger partial charge in [0.2, 0.25) is 10.0 Å². The minimum Gasteiger partial charge on any atom is -0.329 e. The monoisotopic (exact) mass is 243 g/mol. The van der Waals surface area contributed by atoms with Crippen LogP contribution in [-0.4, -0.2) is 25.2 Å². The fraction of sp³-hybridized carbons (Fsp3) is 0.500. The molecule has 5 nitrogen and oxygen atoms in total. The van der Waals surface area contributed by atoms with Gasteiger partial charge in [0, 0.05) is 12.7 Å². The number of hydrogen-bond donors (Lipinski definition) is 2. The summed E-state index contributed by atoms with van der Waals surface area (Å²) in [7, 11) is -3.34. The number of aryl methyl sites for hydroxylation is 1. The zero-order valence-corrected chi connectivity index (χ0v) is 10.3. The molecule has 1 aromatic rings. The summed E-state index contributed by atoms with van der Waals surface area (Å²) in [6.07, 6.45) is 1.64. The maximum Gasteiger partial charge on any atom is 0.215 e. The Kier molecular flexibility index (Phi) is 4.40. The van der Waals surface area contributed by atoms with Crippen LogP contribution in [0.25, 0.3) is 0 Å². The topological polar surface area (TPSA) is 85.1 Å². The van der Waals surface area contributed by atoms with E-state index < -0.39 is 15.3 Å². The molecule has 0 aliphatic heterocycles.